The molecule has 20 heavy (non-hydrogen) atoms. The molecular formula is C13H16N6O. The summed E-state index contributed by atoms with van der Waals surface area (Å²) in [6.07, 6.45) is 3.44. The summed E-state index contributed by atoms with van der Waals surface area (Å²) in [5, 5.41) is 11.1. The van der Waals surface area contributed by atoms with Crippen molar-refractivity contribution in [3.05, 3.63) is 36.3 Å². The summed E-state index contributed by atoms with van der Waals surface area (Å²) in [6, 6.07) is 5.79. The number of anilines is 2. The van der Waals surface area contributed by atoms with Gasteiger partial charge in [0.2, 0.25) is 5.95 Å². The summed E-state index contributed by atoms with van der Waals surface area (Å²) in [6.45, 7) is 3.69. The molecule has 0 unspecified atom stereocenters. The van der Waals surface area contributed by atoms with Crippen molar-refractivity contribution in [2.45, 2.75) is 6.54 Å². The van der Waals surface area contributed by atoms with E-state index in [-0.39, 0.29) is 0 Å². The van der Waals surface area contributed by atoms with E-state index in [0.717, 1.165) is 37.8 Å². The molecule has 0 amide bonds. The van der Waals surface area contributed by atoms with E-state index in [1.807, 2.05) is 18.2 Å². The highest BCUT2D eigenvalue weighted by atomic mass is 16.5. The molecule has 3 rings (SSSR count). The van der Waals surface area contributed by atoms with E-state index < -0.39 is 0 Å². The molecule has 1 aliphatic heterocycles. The Hall–Kier alpha value is -2.28. The molecule has 1 N–H and O–H groups in total. The molecule has 3 heterocycles. The fourth-order valence-corrected chi connectivity index (χ4v) is 1.99. The maximum absolute atomic E-state index is 5.33. The van der Waals surface area contributed by atoms with Gasteiger partial charge in [0.15, 0.2) is 5.82 Å². The lowest BCUT2D eigenvalue weighted by Gasteiger charge is -2.27. The van der Waals surface area contributed by atoms with Crippen LogP contribution in [0.25, 0.3) is 0 Å². The summed E-state index contributed by atoms with van der Waals surface area (Å²) >= 11 is 0. The number of rotatable bonds is 4. The molecule has 1 aliphatic rings. The number of hydrogen-bond donors (Lipinski definition) is 1. The molecule has 0 atom stereocenters. The van der Waals surface area contributed by atoms with Crippen molar-refractivity contribution < 1.29 is 4.74 Å². The van der Waals surface area contributed by atoms with Crippen LogP contribution in [0, 0.1) is 0 Å². The third kappa shape index (κ3) is 3.18. The molecule has 1 saturated heterocycles. The number of aromatic nitrogens is 4. The highest BCUT2D eigenvalue weighted by Gasteiger charge is 2.13. The second-order valence-electron chi connectivity index (χ2n) is 4.41. The zero-order valence-electron chi connectivity index (χ0n) is 11.1. The molecule has 0 bridgehead atoms. The minimum Gasteiger partial charge on any atom is -0.378 e. The Labute approximate surface area is 117 Å². The third-order valence-electron chi connectivity index (χ3n) is 3.03. The summed E-state index contributed by atoms with van der Waals surface area (Å²) in [5.41, 5.74) is 0.938. The summed E-state index contributed by atoms with van der Waals surface area (Å²) < 4.78 is 5.33. The Morgan fingerprint density at radius 3 is 2.95 bits per heavy atom. The standard InChI is InChI=1S/C13H16N6O/c1-2-4-14-11(3-1)9-15-13-17-12(10-16-18-13)19-5-7-20-8-6-19/h1-4,10H,5-9H2,(H,15,17,18). The summed E-state index contributed by atoms with van der Waals surface area (Å²) in [4.78, 5) is 10.9. The monoisotopic (exact) mass is 272 g/mol. The molecule has 0 aromatic carbocycles. The highest BCUT2D eigenvalue weighted by Crippen LogP contribution is 2.12. The predicted molar refractivity (Wildman–Crippen MR) is 74.4 cm³/mol. The van der Waals surface area contributed by atoms with E-state index in [2.05, 4.69) is 30.4 Å². The van der Waals surface area contributed by atoms with Gasteiger partial charge in [0, 0.05) is 19.3 Å². The SMILES string of the molecule is c1ccc(CNc2nncc(N3CCOCC3)n2)nc1. The van der Waals surface area contributed by atoms with E-state index in [4.69, 9.17) is 4.74 Å². The zero-order chi connectivity index (χ0) is 13.6. The first-order valence-corrected chi connectivity index (χ1v) is 6.58. The Balaban J connectivity index is 1.65. The lowest BCUT2D eigenvalue weighted by atomic mass is 10.3. The second-order valence-corrected chi connectivity index (χ2v) is 4.41. The average Bonchev–Trinajstić information content (AvgIpc) is 2.55. The van der Waals surface area contributed by atoms with Gasteiger partial charge >= 0.3 is 0 Å². The molecule has 7 heteroatoms. The number of nitrogens with zero attached hydrogens (tertiary/aromatic N) is 5. The zero-order valence-corrected chi connectivity index (χ0v) is 11.1. The molecule has 2 aromatic rings. The first-order chi connectivity index (χ1) is 9.92. The number of ether oxygens (including phenoxy) is 1. The van der Waals surface area contributed by atoms with Crippen LogP contribution >= 0.6 is 0 Å². The summed E-state index contributed by atoms with van der Waals surface area (Å²) in [5.74, 6) is 1.34. The Morgan fingerprint density at radius 2 is 2.15 bits per heavy atom. The van der Waals surface area contributed by atoms with Gasteiger partial charge in [-0.25, -0.2) is 0 Å². The maximum atomic E-state index is 5.33. The number of hydrogen-bond acceptors (Lipinski definition) is 7. The fraction of sp³-hybridized carbons (Fsp3) is 0.385. The molecule has 104 valence electrons. The number of morpholine rings is 1. The molecule has 1 fully saturated rings. The van der Waals surface area contributed by atoms with Gasteiger partial charge in [-0.1, -0.05) is 6.07 Å². The van der Waals surface area contributed by atoms with Crippen LogP contribution in [0.2, 0.25) is 0 Å². The van der Waals surface area contributed by atoms with Crippen molar-refractivity contribution in [2.24, 2.45) is 0 Å². The van der Waals surface area contributed by atoms with E-state index in [1.54, 1.807) is 12.4 Å². The number of nitrogens with one attached hydrogen (secondary N) is 1. The van der Waals surface area contributed by atoms with Gasteiger partial charge in [-0.15, -0.1) is 5.10 Å². The summed E-state index contributed by atoms with van der Waals surface area (Å²) in [7, 11) is 0. The van der Waals surface area contributed by atoms with Crippen LogP contribution in [-0.4, -0.2) is 46.5 Å². The van der Waals surface area contributed by atoms with Crippen molar-refractivity contribution >= 4 is 11.8 Å². The number of pyridine rings is 1. The Kier molecular flexibility index (Phi) is 3.98. The van der Waals surface area contributed by atoms with Crippen molar-refractivity contribution in [1.82, 2.24) is 20.2 Å². The molecule has 0 aliphatic carbocycles. The Morgan fingerprint density at radius 1 is 1.25 bits per heavy atom. The van der Waals surface area contributed by atoms with Crippen LogP contribution in [0.3, 0.4) is 0 Å². The lowest BCUT2D eigenvalue weighted by Crippen LogP contribution is -2.37. The van der Waals surface area contributed by atoms with E-state index in [1.165, 1.54) is 0 Å². The van der Waals surface area contributed by atoms with Gasteiger partial charge in [-0.3, -0.25) is 4.98 Å². The second kappa shape index (κ2) is 6.25. The molecule has 0 spiro atoms. The van der Waals surface area contributed by atoms with Crippen molar-refractivity contribution in [2.75, 3.05) is 36.5 Å². The first-order valence-electron chi connectivity index (χ1n) is 6.58. The van der Waals surface area contributed by atoms with Crippen LogP contribution in [0.15, 0.2) is 30.6 Å². The van der Waals surface area contributed by atoms with Gasteiger partial charge in [-0.2, -0.15) is 10.1 Å². The predicted octanol–water partition coefficient (Wildman–Crippen LogP) is 0.715. The molecule has 0 saturated carbocycles. The smallest absolute Gasteiger partial charge is 0.245 e. The molecule has 7 nitrogen and oxygen atoms in total. The van der Waals surface area contributed by atoms with Crippen LogP contribution < -0.4 is 10.2 Å². The van der Waals surface area contributed by atoms with E-state index >= 15 is 0 Å². The van der Waals surface area contributed by atoms with Crippen LogP contribution in [0.4, 0.5) is 11.8 Å². The maximum Gasteiger partial charge on any atom is 0.245 e. The minimum absolute atomic E-state index is 0.514. The minimum atomic E-state index is 0.514. The molecular weight excluding hydrogens is 256 g/mol. The van der Waals surface area contributed by atoms with Gasteiger partial charge in [-0.05, 0) is 12.1 Å². The average molecular weight is 272 g/mol. The van der Waals surface area contributed by atoms with Crippen LogP contribution in [0.5, 0.6) is 0 Å². The largest absolute Gasteiger partial charge is 0.378 e. The normalized spacial score (nSPS) is 15.1. The molecule has 2 aromatic heterocycles. The van der Waals surface area contributed by atoms with Gasteiger partial charge in [0.25, 0.3) is 0 Å². The third-order valence-corrected chi connectivity index (χ3v) is 3.03. The van der Waals surface area contributed by atoms with Crippen molar-refractivity contribution in [1.29, 1.82) is 0 Å². The van der Waals surface area contributed by atoms with Crippen LogP contribution in [-0.2, 0) is 11.3 Å². The lowest BCUT2D eigenvalue weighted by molar-refractivity contribution is 0.122. The van der Waals surface area contributed by atoms with E-state index in [9.17, 15) is 0 Å². The topological polar surface area (TPSA) is 76.1 Å². The molecule has 0 radical (unpaired) electrons. The fourth-order valence-electron chi connectivity index (χ4n) is 1.99. The van der Waals surface area contributed by atoms with Crippen molar-refractivity contribution in [3.63, 3.8) is 0 Å². The van der Waals surface area contributed by atoms with Gasteiger partial charge < -0.3 is 15.0 Å². The van der Waals surface area contributed by atoms with Gasteiger partial charge in [0.05, 0.1) is 31.6 Å². The first kappa shape index (κ1) is 12.7. The Bertz CT molecular complexity index is 544. The van der Waals surface area contributed by atoms with Crippen molar-refractivity contribution in [3.8, 4) is 0 Å². The highest BCUT2D eigenvalue weighted by molar-refractivity contribution is 5.40. The van der Waals surface area contributed by atoms with E-state index in [0.29, 0.717) is 12.5 Å². The van der Waals surface area contributed by atoms with Gasteiger partial charge in [0.1, 0.15) is 0 Å². The van der Waals surface area contributed by atoms with Crippen LogP contribution in [0.1, 0.15) is 5.69 Å². The quantitative estimate of drug-likeness (QED) is 0.878.